The zero-order chi connectivity index (χ0) is 17.2. The fraction of sp³-hybridized carbons (Fsp3) is 0.950. The van der Waals surface area contributed by atoms with Crippen molar-refractivity contribution in [2.24, 2.45) is 0 Å². The molecule has 0 aromatic rings. The molecule has 0 bridgehead atoms. The molecule has 1 unspecified atom stereocenters. The first kappa shape index (κ1) is 23.0. The van der Waals surface area contributed by atoms with Crippen LogP contribution in [-0.2, 0) is 4.79 Å². The minimum absolute atomic E-state index is 0.397. The van der Waals surface area contributed by atoms with Crippen molar-refractivity contribution in [2.75, 3.05) is 0 Å². The summed E-state index contributed by atoms with van der Waals surface area (Å²) in [5.74, 6) is 0. The number of carbonyl (C=O) groups excluding carboxylic acids is 1. The molecule has 0 aliphatic rings. The molecule has 0 heterocycles. The second kappa shape index (κ2) is 18.3. The van der Waals surface area contributed by atoms with Gasteiger partial charge in [-0.1, -0.05) is 110 Å². The number of aliphatic hydroxyl groups is 1. The molecule has 0 aromatic heterocycles. The molecule has 0 rings (SSSR count). The van der Waals surface area contributed by atoms with E-state index in [1.807, 2.05) is 0 Å². The smallest absolute Gasteiger partial charge is 0.214 e. The Hall–Kier alpha value is -0.0200. The number of hydrogen-bond acceptors (Lipinski definition) is 2. The van der Waals surface area contributed by atoms with Gasteiger partial charge < -0.3 is 5.11 Å². The highest BCUT2D eigenvalue weighted by atomic mass is 32.1. The average molecular weight is 345 g/mol. The third-order valence-electron chi connectivity index (χ3n) is 4.62. The number of aliphatic hydroxyl groups excluding tert-OH is 1. The van der Waals surface area contributed by atoms with Gasteiger partial charge in [0.2, 0.25) is 5.12 Å². The average Bonchev–Trinajstić information content (AvgIpc) is 2.54. The molecule has 0 spiro atoms. The molecule has 0 saturated heterocycles. The summed E-state index contributed by atoms with van der Waals surface area (Å²) in [5.41, 5.74) is 0. The fourth-order valence-electron chi connectivity index (χ4n) is 3.01. The van der Waals surface area contributed by atoms with Crippen LogP contribution in [0.2, 0.25) is 0 Å². The van der Waals surface area contributed by atoms with E-state index < -0.39 is 11.2 Å². The first-order chi connectivity index (χ1) is 11.2. The normalized spacial score (nSPS) is 12.5. The molecule has 2 nitrogen and oxygen atoms in total. The van der Waals surface area contributed by atoms with Crippen molar-refractivity contribution in [3.8, 4) is 0 Å². The molecule has 138 valence electrons. The number of unbranched alkanes of at least 4 members (excludes halogenated alkanes) is 15. The Morgan fingerprint density at radius 3 is 1.30 bits per heavy atom. The van der Waals surface area contributed by atoms with Gasteiger partial charge in [-0.15, -0.1) is 12.6 Å². The van der Waals surface area contributed by atoms with Crippen molar-refractivity contribution in [1.82, 2.24) is 0 Å². The van der Waals surface area contributed by atoms with Crippen molar-refractivity contribution in [3.05, 3.63) is 0 Å². The molecular formula is C20H40O2S. The molecule has 1 atom stereocenters. The number of rotatable bonds is 18. The lowest BCUT2D eigenvalue weighted by atomic mass is 10.0. The van der Waals surface area contributed by atoms with E-state index >= 15 is 0 Å². The summed E-state index contributed by atoms with van der Waals surface area (Å²) in [5, 5.41) is 8.92. The molecule has 1 N–H and O–H groups in total. The summed E-state index contributed by atoms with van der Waals surface area (Å²) in [6, 6.07) is 0. The standard InChI is InChI=1S/C20H40O2S/c1-2-3-4-5-6-7-8-9-10-11-12-13-14-15-16-17-18-19(21)20(22)23/h19,21H,2-18H2,1H3,(H,22,23). The van der Waals surface area contributed by atoms with Crippen LogP contribution in [0.4, 0.5) is 0 Å². The topological polar surface area (TPSA) is 37.3 Å². The van der Waals surface area contributed by atoms with Crippen molar-refractivity contribution in [2.45, 2.75) is 122 Å². The van der Waals surface area contributed by atoms with E-state index in [9.17, 15) is 9.90 Å². The van der Waals surface area contributed by atoms with Gasteiger partial charge in [0.05, 0.1) is 0 Å². The van der Waals surface area contributed by atoms with Crippen molar-refractivity contribution in [3.63, 3.8) is 0 Å². The minimum Gasteiger partial charge on any atom is -0.384 e. The molecule has 0 saturated carbocycles. The first-order valence-corrected chi connectivity index (χ1v) is 10.5. The summed E-state index contributed by atoms with van der Waals surface area (Å²) in [6.45, 7) is 2.27. The molecule has 0 aromatic carbocycles. The maximum Gasteiger partial charge on any atom is 0.214 e. The quantitative estimate of drug-likeness (QED) is 0.221. The molecule has 0 amide bonds. The van der Waals surface area contributed by atoms with Gasteiger partial charge in [-0.3, -0.25) is 4.79 Å². The van der Waals surface area contributed by atoms with Crippen LogP contribution in [-0.4, -0.2) is 16.3 Å². The largest absolute Gasteiger partial charge is 0.384 e. The van der Waals surface area contributed by atoms with Gasteiger partial charge in [-0.05, 0) is 6.42 Å². The Bertz CT molecular complexity index is 256. The van der Waals surface area contributed by atoms with Gasteiger partial charge in [0.15, 0.2) is 0 Å². The SMILES string of the molecule is CCCCCCCCCCCCCCCCCCC(O)C(=O)S. The highest BCUT2D eigenvalue weighted by molar-refractivity contribution is 7.96. The van der Waals surface area contributed by atoms with E-state index in [4.69, 9.17) is 0 Å². The zero-order valence-corrected chi connectivity index (χ0v) is 16.3. The van der Waals surface area contributed by atoms with Crippen LogP contribution < -0.4 is 0 Å². The molecular weight excluding hydrogens is 304 g/mol. The highest BCUT2D eigenvalue weighted by Crippen LogP contribution is 2.14. The Kier molecular flexibility index (Phi) is 18.3. The van der Waals surface area contributed by atoms with Crippen LogP contribution in [0.15, 0.2) is 0 Å². The number of carbonyl (C=O) groups is 1. The maximum atomic E-state index is 10.7. The van der Waals surface area contributed by atoms with Gasteiger partial charge in [-0.2, -0.15) is 0 Å². The van der Waals surface area contributed by atoms with Gasteiger partial charge in [0.25, 0.3) is 0 Å². The van der Waals surface area contributed by atoms with E-state index in [2.05, 4.69) is 19.6 Å². The molecule has 23 heavy (non-hydrogen) atoms. The highest BCUT2D eigenvalue weighted by Gasteiger charge is 2.09. The zero-order valence-electron chi connectivity index (χ0n) is 15.4. The number of hydrogen-bond donors (Lipinski definition) is 2. The Morgan fingerprint density at radius 2 is 1.00 bits per heavy atom. The monoisotopic (exact) mass is 344 g/mol. The maximum absolute atomic E-state index is 10.7. The van der Waals surface area contributed by atoms with Crippen LogP contribution in [0.25, 0.3) is 0 Å². The summed E-state index contributed by atoms with van der Waals surface area (Å²) >= 11 is 3.64. The number of thiol groups is 1. The first-order valence-electron chi connectivity index (χ1n) is 10.1. The lowest BCUT2D eigenvalue weighted by Crippen LogP contribution is -2.14. The Labute approximate surface area is 150 Å². The summed E-state index contributed by atoms with van der Waals surface area (Å²) in [4.78, 5) is 10.7. The minimum atomic E-state index is -0.857. The third kappa shape index (κ3) is 18.2. The second-order valence-electron chi connectivity index (χ2n) is 6.95. The van der Waals surface area contributed by atoms with Crippen molar-refractivity contribution in [1.29, 1.82) is 0 Å². The fourth-order valence-corrected chi connectivity index (χ4v) is 3.14. The van der Waals surface area contributed by atoms with E-state index in [1.54, 1.807) is 0 Å². The molecule has 0 fully saturated rings. The van der Waals surface area contributed by atoms with Crippen molar-refractivity contribution < 1.29 is 9.90 Å². The second-order valence-corrected chi connectivity index (χ2v) is 7.39. The van der Waals surface area contributed by atoms with Crippen LogP contribution >= 0.6 is 12.6 Å². The van der Waals surface area contributed by atoms with Gasteiger partial charge in [-0.25, -0.2) is 0 Å². The molecule has 0 aliphatic heterocycles. The molecule has 3 heteroatoms. The Morgan fingerprint density at radius 1 is 0.696 bits per heavy atom. The molecule has 0 radical (unpaired) electrons. The third-order valence-corrected chi connectivity index (χ3v) is 4.91. The van der Waals surface area contributed by atoms with Crippen LogP contribution in [0.5, 0.6) is 0 Å². The van der Waals surface area contributed by atoms with Gasteiger partial charge in [0, 0.05) is 0 Å². The lowest BCUT2D eigenvalue weighted by Gasteiger charge is -2.05. The lowest BCUT2D eigenvalue weighted by molar-refractivity contribution is -0.118. The Balaban J connectivity index is 3.04. The van der Waals surface area contributed by atoms with E-state index in [0.29, 0.717) is 6.42 Å². The van der Waals surface area contributed by atoms with E-state index in [-0.39, 0.29) is 0 Å². The summed E-state index contributed by atoms with van der Waals surface area (Å²) in [6.07, 6.45) is 21.1. The van der Waals surface area contributed by atoms with E-state index in [1.165, 1.54) is 89.9 Å². The van der Waals surface area contributed by atoms with Crippen LogP contribution in [0.1, 0.15) is 116 Å². The van der Waals surface area contributed by atoms with E-state index in [0.717, 1.165) is 12.8 Å². The van der Waals surface area contributed by atoms with Gasteiger partial charge >= 0.3 is 0 Å². The summed E-state index contributed by atoms with van der Waals surface area (Å²) < 4.78 is 0. The van der Waals surface area contributed by atoms with Gasteiger partial charge in [0.1, 0.15) is 6.10 Å². The van der Waals surface area contributed by atoms with Crippen LogP contribution in [0.3, 0.4) is 0 Å². The van der Waals surface area contributed by atoms with Crippen molar-refractivity contribution >= 4 is 17.7 Å². The predicted octanol–water partition coefficient (Wildman–Crippen LogP) is 6.46. The molecule has 0 aliphatic carbocycles. The predicted molar refractivity (Wildman–Crippen MR) is 104 cm³/mol. The summed E-state index contributed by atoms with van der Waals surface area (Å²) in [7, 11) is 0. The van der Waals surface area contributed by atoms with Crippen LogP contribution in [0, 0.1) is 0 Å².